The van der Waals surface area contributed by atoms with Crippen molar-refractivity contribution in [2.24, 2.45) is 0 Å². The van der Waals surface area contributed by atoms with E-state index in [2.05, 4.69) is 12.2 Å². The molecule has 72 valence electrons. The fourth-order valence-electron chi connectivity index (χ4n) is 0.764. The third-order valence-corrected chi connectivity index (χ3v) is 1.99. The Bertz CT molecular complexity index is 128. The summed E-state index contributed by atoms with van der Waals surface area (Å²) in [5.41, 5.74) is 0. The SMILES string of the molecule is CCCCCNC(=O)SN(C)C. The molecule has 0 saturated heterocycles. The molecule has 0 atom stereocenters. The Labute approximate surface area is 79.0 Å². The highest BCUT2D eigenvalue weighted by Gasteiger charge is 2.01. The molecule has 4 heteroatoms. The zero-order chi connectivity index (χ0) is 9.40. The first kappa shape index (κ1) is 11.8. The highest BCUT2D eigenvalue weighted by Crippen LogP contribution is 2.03. The molecule has 0 aliphatic rings. The first-order valence-electron chi connectivity index (χ1n) is 4.30. The van der Waals surface area contributed by atoms with Gasteiger partial charge in [-0.25, -0.2) is 4.31 Å². The average Bonchev–Trinajstić information content (AvgIpc) is 1.97. The first-order valence-corrected chi connectivity index (χ1v) is 5.07. The van der Waals surface area contributed by atoms with E-state index < -0.39 is 0 Å². The van der Waals surface area contributed by atoms with Gasteiger partial charge in [0, 0.05) is 18.5 Å². The van der Waals surface area contributed by atoms with Gasteiger partial charge >= 0.3 is 0 Å². The van der Waals surface area contributed by atoms with Crippen LogP contribution in [0.15, 0.2) is 0 Å². The largest absolute Gasteiger partial charge is 0.346 e. The zero-order valence-corrected chi connectivity index (χ0v) is 8.91. The first-order chi connectivity index (χ1) is 5.66. The van der Waals surface area contributed by atoms with Crippen LogP contribution in [0.4, 0.5) is 4.79 Å². The highest BCUT2D eigenvalue weighted by molar-refractivity contribution is 8.11. The smallest absolute Gasteiger partial charge is 0.294 e. The van der Waals surface area contributed by atoms with Crippen molar-refractivity contribution in [2.45, 2.75) is 26.2 Å². The van der Waals surface area contributed by atoms with E-state index in [9.17, 15) is 4.79 Å². The Balaban J connectivity index is 3.20. The Morgan fingerprint density at radius 2 is 2.08 bits per heavy atom. The van der Waals surface area contributed by atoms with Crippen LogP contribution >= 0.6 is 11.9 Å². The lowest BCUT2D eigenvalue weighted by molar-refractivity contribution is 0.260. The topological polar surface area (TPSA) is 32.3 Å². The van der Waals surface area contributed by atoms with Gasteiger partial charge in [-0.1, -0.05) is 19.8 Å². The molecule has 0 radical (unpaired) electrons. The van der Waals surface area contributed by atoms with Gasteiger partial charge in [0.25, 0.3) is 5.24 Å². The van der Waals surface area contributed by atoms with E-state index in [0.717, 1.165) is 13.0 Å². The molecule has 0 unspecified atom stereocenters. The average molecular weight is 190 g/mol. The van der Waals surface area contributed by atoms with Crippen LogP contribution in [0.2, 0.25) is 0 Å². The Morgan fingerprint density at radius 1 is 1.42 bits per heavy atom. The van der Waals surface area contributed by atoms with Crippen LogP contribution in [-0.4, -0.2) is 30.2 Å². The summed E-state index contributed by atoms with van der Waals surface area (Å²) in [7, 11) is 3.71. The number of hydrogen-bond donors (Lipinski definition) is 1. The lowest BCUT2D eigenvalue weighted by atomic mass is 10.2. The molecule has 0 aromatic heterocycles. The maximum atomic E-state index is 11.0. The fourth-order valence-corrected chi connectivity index (χ4v) is 1.26. The second-order valence-corrected chi connectivity index (χ2v) is 4.11. The molecule has 0 heterocycles. The highest BCUT2D eigenvalue weighted by atomic mass is 32.2. The van der Waals surface area contributed by atoms with Crippen LogP contribution < -0.4 is 5.32 Å². The van der Waals surface area contributed by atoms with Gasteiger partial charge in [0.2, 0.25) is 0 Å². The van der Waals surface area contributed by atoms with Crippen molar-refractivity contribution in [1.29, 1.82) is 0 Å². The molecule has 0 rings (SSSR count). The van der Waals surface area contributed by atoms with Gasteiger partial charge in [0.15, 0.2) is 0 Å². The number of carbonyl (C=O) groups is 1. The van der Waals surface area contributed by atoms with E-state index in [4.69, 9.17) is 0 Å². The summed E-state index contributed by atoms with van der Waals surface area (Å²) in [5, 5.41) is 2.87. The monoisotopic (exact) mass is 190 g/mol. The molecule has 0 saturated carbocycles. The van der Waals surface area contributed by atoms with Crippen molar-refractivity contribution in [3.8, 4) is 0 Å². The Morgan fingerprint density at radius 3 is 2.58 bits per heavy atom. The summed E-state index contributed by atoms with van der Waals surface area (Å²) in [6.45, 7) is 2.95. The molecule has 0 aliphatic heterocycles. The summed E-state index contributed by atoms with van der Waals surface area (Å²) in [4.78, 5) is 11.0. The minimum absolute atomic E-state index is 0.0381. The van der Waals surface area contributed by atoms with Crippen molar-refractivity contribution in [2.75, 3.05) is 20.6 Å². The van der Waals surface area contributed by atoms with Crippen LogP contribution in [0.5, 0.6) is 0 Å². The molecule has 3 nitrogen and oxygen atoms in total. The van der Waals surface area contributed by atoms with Gasteiger partial charge in [0.1, 0.15) is 0 Å². The van der Waals surface area contributed by atoms with E-state index in [1.165, 1.54) is 24.8 Å². The van der Waals surface area contributed by atoms with E-state index >= 15 is 0 Å². The predicted octanol–water partition coefficient (Wildman–Crippen LogP) is 2.10. The summed E-state index contributed by atoms with van der Waals surface area (Å²) in [6.07, 6.45) is 3.46. The Kier molecular flexibility index (Phi) is 7.29. The molecular weight excluding hydrogens is 172 g/mol. The van der Waals surface area contributed by atoms with Crippen molar-refractivity contribution in [3.05, 3.63) is 0 Å². The number of carbonyl (C=O) groups excluding carboxylic acids is 1. The molecule has 1 amide bonds. The molecule has 0 fully saturated rings. The second-order valence-electron chi connectivity index (χ2n) is 2.82. The number of amides is 1. The summed E-state index contributed by atoms with van der Waals surface area (Å²) >= 11 is 1.20. The Hall–Kier alpha value is -0.220. The van der Waals surface area contributed by atoms with E-state index in [1.54, 1.807) is 4.31 Å². The summed E-state index contributed by atoms with van der Waals surface area (Å²) in [6, 6.07) is 0. The number of nitrogens with zero attached hydrogens (tertiary/aromatic N) is 1. The van der Waals surface area contributed by atoms with Crippen LogP contribution in [0, 0.1) is 0 Å². The zero-order valence-electron chi connectivity index (χ0n) is 8.09. The molecule has 1 N–H and O–H groups in total. The van der Waals surface area contributed by atoms with Gasteiger partial charge < -0.3 is 5.32 Å². The van der Waals surface area contributed by atoms with Crippen molar-refractivity contribution >= 4 is 17.2 Å². The number of hydrogen-bond acceptors (Lipinski definition) is 3. The lowest BCUT2D eigenvalue weighted by Gasteiger charge is -2.07. The summed E-state index contributed by atoms with van der Waals surface area (Å²) < 4.78 is 1.79. The molecule has 0 spiro atoms. The van der Waals surface area contributed by atoms with Crippen molar-refractivity contribution < 1.29 is 4.79 Å². The second kappa shape index (κ2) is 7.43. The third kappa shape index (κ3) is 7.88. The maximum Gasteiger partial charge on any atom is 0.294 e. The normalized spacial score (nSPS) is 10.3. The standard InChI is InChI=1S/C8H18N2OS/c1-4-5-6-7-9-8(11)12-10(2)3/h4-7H2,1-3H3,(H,9,11). The van der Waals surface area contributed by atoms with E-state index in [1.807, 2.05) is 14.1 Å². The lowest BCUT2D eigenvalue weighted by Crippen LogP contribution is -2.22. The van der Waals surface area contributed by atoms with Crippen molar-refractivity contribution in [1.82, 2.24) is 9.62 Å². The number of unbranched alkanes of at least 4 members (excludes halogenated alkanes) is 2. The molecule has 0 aromatic rings. The fraction of sp³-hybridized carbons (Fsp3) is 0.875. The predicted molar refractivity (Wildman–Crippen MR) is 54.2 cm³/mol. The minimum atomic E-state index is 0.0381. The van der Waals surface area contributed by atoms with Crippen LogP contribution in [0.25, 0.3) is 0 Å². The molecule has 0 aromatic carbocycles. The molecule has 0 aliphatic carbocycles. The van der Waals surface area contributed by atoms with Gasteiger partial charge in [-0.2, -0.15) is 0 Å². The summed E-state index contributed by atoms with van der Waals surface area (Å²) in [5.74, 6) is 0. The number of nitrogens with one attached hydrogen (secondary N) is 1. The molecular formula is C8H18N2OS. The number of rotatable bonds is 5. The quantitative estimate of drug-likeness (QED) is 0.532. The van der Waals surface area contributed by atoms with Gasteiger partial charge in [-0.05, 0) is 20.5 Å². The van der Waals surface area contributed by atoms with Crippen LogP contribution in [0.1, 0.15) is 26.2 Å². The molecule has 12 heavy (non-hydrogen) atoms. The molecule has 0 bridgehead atoms. The van der Waals surface area contributed by atoms with Crippen LogP contribution in [-0.2, 0) is 0 Å². The third-order valence-electron chi connectivity index (χ3n) is 1.32. The van der Waals surface area contributed by atoms with E-state index in [0.29, 0.717) is 0 Å². The van der Waals surface area contributed by atoms with Gasteiger partial charge in [0.05, 0.1) is 0 Å². The van der Waals surface area contributed by atoms with Crippen molar-refractivity contribution in [3.63, 3.8) is 0 Å². The van der Waals surface area contributed by atoms with E-state index in [-0.39, 0.29) is 5.24 Å². The van der Waals surface area contributed by atoms with Gasteiger partial charge in [-0.15, -0.1) is 0 Å². The minimum Gasteiger partial charge on any atom is -0.346 e. The maximum absolute atomic E-state index is 11.0. The van der Waals surface area contributed by atoms with Gasteiger partial charge in [-0.3, -0.25) is 4.79 Å². The van der Waals surface area contributed by atoms with Crippen LogP contribution in [0.3, 0.4) is 0 Å².